The van der Waals surface area contributed by atoms with Crippen LogP contribution in [0.1, 0.15) is 18.4 Å². The van der Waals surface area contributed by atoms with Crippen molar-refractivity contribution in [1.29, 1.82) is 0 Å². The number of hydrogen-bond donors (Lipinski definition) is 2. The van der Waals surface area contributed by atoms with Gasteiger partial charge in [0, 0.05) is 18.8 Å². The van der Waals surface area contributed by atoms with Gasteiger partial charge in [-0.3, -0.25) is 4.79 Å². The van der Waals surface area contributed by atoms with Gasteiger partial charge in [0.25, 0.3) is 0 Å². The Kier molecular flexibility index (Phi) is 3.72. The molecule has 2 aliphatic heterocycles. The second-order valence-corrected chi connectivity index (χ2v) is 6.24. The molecule has 0 saturated carbocycles. The quantitative estimate of drug-likeness (QED) is 0.894. The van der Waals surface area contributed by atoms with E-state index in [1.54, 1.807) is 0 Å². The van der Waals surface area contributed by atoms with Crippen molar-refractivity contribution in [1.82, 2.24) is 4.90 Å². The number of para-hydroxylation sites is 1. The summed E-state index contributed by atoms with van der Waals surface area (Å²) in [6.45, 7) is 4.08. The van der Waals surface area contributed by atoms with E-state index in [2.05, 4.69) is 10.2 Å². The summed E-state index contributed by atoms with van der Waals surface area (Å²) in [4.78, 5) is 14.2. The summed E-state index contributed by atoms with van der Waals surface area (Å²) in [6, 6.07) is 7.51. The zero-order valence-corrected chi connectivity index (χ0v) is 12.4. The Morgan fingerprint density at radius 3 is 2.70 bits per heavy atom. The highest BCUT2D eigenvalue weighted by Gasteiger charge is 2.35. The normalized spacial score (nSPS) is 22.8. The van der Waals surface area contributed by atoms with Crippen molar-refractivity contribution in [2.24, 2.45) is 5.73 Å². The SMILES string of the molecule is Cc1ccccc1NC1=C(N2CCCC2)SC(=O)C1N. The van der Waals surface area contributed by atoms with Gasteiger partial charge in [0.1, 0.15) is 11.1 Å². The van der Waals surface area contributed by atoms with Crippen molar-refractivity contribution < 1.29 is 4.79 Å². The molecule has 0 spiro atoms. The first kappa shape index (κ1) is 13.5. The molecule has 106 valence electrons. The van der Waals surface area contributed by atoms with Crippen molar-refractivity contribution in [3.8, 4) is 0 Å². The first-order chi connectivity index (χ1) is 9.66. The molecule has 1 atom stereocenters. The molecule has 5 heteroatoms. The lowest BCUT2D eigenvalue weighted by molar-refractivity contribution is -0.111. The number of nitrogens with one attached hydrogen (secondary N) is 1. The van der Waals surface area contributed by atoms with Crippen LogP contribution in [-0.4, -0.2) is 29.1 Å². The summed E-state index contributed by atoms with van der Waals surface area (Å²) in [5.41, 5.74) is 9.09. The van der Waals surface area contributed by atoms with Crippen LogP contribution < -0.4 is 11.1 Å². The first-order valence-electron chi connectivity index (χ1n) is 6.96. The Morgan fingerprint density at radius 2 is 2.00 bits per heavy atom. The third-order valence-corrected chi connectivity index (χ3v) is 4.93. The van der Waals surface area contributed by atoms with Crippen molar-refractivity contribution in [2.75, 3.05) is 18.4 Å². The Morgan fingerprint density at radius 1 is 1.30 bits per heavy atom. The van der Waals surface area contributed by atoms with Gasteiger partial charge in [-0.2, -0.15) is 0 Å². The fourth-order valence-corrected chi connectivity index (χ4v) is 3.64. The molecule has 2 heterocycles. The second kappa shape index (κ2) is 5.50. The maximum atomic E-state index is 12.0. The summed E-state index contributed by atoms with van der Waals surface area (Å²) in [5.74, 6) is 0. The van der Waals surface area contributed by atoms with E-state index in [-0.39, 0.29) is 5.12 Å². The maximum absolute atomic E-state index is 12.0. The summed E-state index contributed by atoms with van der Waals surface area (Å²) in [6.07, 6.45) is 2.37. The molecule has 0 aromatic heterocycles. The Bertz CT molecular complexity index is 564. The summed E-state index contributed by atoms with van der Waals surface area (Å²) < 4.78 is 0. The highest BCUT2D eigenvalue weighted by molar-refractivity contribution is 8.17. The number of benzene rings is 1. The van der Waals surface area contributed by atoms with Crippen LogP contribution in [0.15, 0.2) is 35.0 Å². The average molecular weight is 289 g/mol. The highest BCUT2D eigenvalue weighted by atomic mass is 32.2. The Hall–Kier alpha value is -1.46. The van der Waals surface area contributed by atoms with Crippen LogP contribution in [0.3, 0.4) is 0 Å². The van der Waals surface area contributed by atoms with Gasteiger partial charge < -0.3 is 16.0 Å². The topological polar surface area (TPSA) is 58.4 Å². The van der Waals surface area contributed by atoms with Crippen LogP contribution >= 0.6 is 11.8 Å². The van der Waals surface area contributed by atoms with E-state index < -0.39 is 6.04 Å². The monoisotopic (exact) mass is 289 g/mol. The molecule has 1 aromatic carbocycles. The lowest BCUT2D eigenvalue weighted by atomic mass is 10.1. The molecule has 1 saturated heterocycles. The number of rotatable bonds is 3. The largest absolute Gasteiger partial charge is 0.365 e. The van der Waals surface area contributed by atoms with Crippen molar-refractivity contribution in [3.63, 3.8) is 0 Å². The van der Waals surface area contributed by atoms with Crippen LogP contribution in [-0.2, 0) is 4.79 Å². The second-order valence-electron chi connectivity index (χ2n) is 5.25. The average Bonchev–Trinajstić information content (AvgIpc) is 3.05. The minimum Gasteiger partial charge on any atom is -0.365 e. The minimum absolute atomic E-state index is 0.0305. The number of thioether (sulfide) groups is 1. The van der Waals surface area contributed by atoms with Gasteiger partial charge in [-0.1, -0.05) is 18.2 Å². The molecular formula is C15H19N3OS. The van der Waals surface area contributed by atoms with E-state index in [9.17, 15) is 4.79 Å². The highest BCUT2D eigenvalue weighted by Crippen LogP contribution is 2.37. The predicted octanol–water partition coefficient (Wildman–Crippen LogP) is 2.27. The molecular weight excluding hydrogens is 270 g/mol. The lowest BCUT2D eigenvalue weighted by Gasteiger charge is -2.21. The van der Waals surface area contributed by atoms with Crippen LogP contribution in [0.5, 0.6) is 0 Å². The molecule has 3 rings (SSSR count). The van der Waals surface area contributed by atoms with Crippen LogP contribution in [0, 0.1) is 6.92 Å². The number of hydrogen-bond acceptors (Lipinski definition) is 5. The number of anilines is 1. The summed E-state index contributed by atoms with van der Waals surface area (Å²) in [7, 11) is 0. The van der Waals surface area contributed by atoms with E-state index in [1.807, 2.05) is 31.2 Å². The minimum atomic E-state index is -0.546. The predicted molar refractivity (Wildman–Crippen MR) is 83.2 cm³/mol. The van der Waals surface area contributed by atoms with E-state index >= 15 is 0 Å². The Balaban J connectivity index is 1.92. The molecule has 4 nitrogen and oxygen atoms in total. The third kappa shape index (κ3) is 2.43. The molecule has 0 bridgehead atoms. The van der Waals surface area contributed by atoms with E-state index in [0.29, 0.717) is 0 Å². The van der Waals surface area contributed by atoms with Gasteiger partial charge in [-0.25, -0.2) is 0 Å². The van der Waals surface area contributed by atoms with Crippen LogP contribution in [0.2, 0.25) is 0 Å². The molecule has 3 N–H and O–H groups in total. The number of carbonyl (C=O) groups is 1. The van der Waals surface area contributed by atoms with Gasteiger partial charge in [-0.15, -0.1) is 0 Å². The molecule has 1 fully saturated rings. The van der Waals surface area contributed by atoms with Crippen molar-refractivity contribution in [2.45, 2.75) is 25.8 Å². The number of nitrogens with zero attached hydrogens (tertiary/aromatic N) is 1. The molecule has 1 aromatic rings. The maximum Gasteiger partial charge on any atom is 0.217 e. The number of nitrogens with two attached hydrogens (primary N) is 1. The van der Waals surface area contributed by atoms with Crippen molar-refractivity contribution in [3.05, 3.63) is 40.6 Å². The fourth-order valence-electron chi connectivity index (χ4n) is 2.61. The molecule has 1 unspecified atom stereocenters. The van der Waals surface area contributed by atoms with Gasteiger partial charge >= 0.3 is 0 Å². The van der Waals surface area contributed by atoms with Gasteiger partial charge in [0.05, 0.1) is 5.70 Å². The zero-order chi connectivity index (χ0) is 14.1. The molecule has 0 amide bonds. The fraction of sp³-hybridized carbons (Fsp3) is 0.400. The van der Waals surface area contributed by atoms with Gasteiger partial charge in [0.2, 0.25) is 5.12 Å². The van der Waals surface area contributed by atoms with Crippen molar-refractivity contribution >= 4 is 22.6 Å². The lowest BCUT2D eigenvalue weighted by Crippen LogP contribution is -2.31. The zero-order valence-electron chi connectivity index (χ0n) is 11.6. The summed E-state index contributed by atoms with van der Waals surface area (Å²) in [5, 5.41) is 4.44. The third-order valence-electron chi connectivity index (χ3n) is 3.80. The van der Waals surface area contributed by atoms with Crippen LogP contribution in [0.4, 0.5) is 5.69 Å². The first-order valence-corrected chi connectivity index (χ1v) is 7.77. The number of aryl methyl sites for hydroxylation is 1. The van der Waals surface area contributed by atoms with E-state index in [0.717, 1.165) is 35.1 Å². The summed E-state index contributed by atoms with van der Waals surface area (Å²) >= 11 is 1.28. The standard InChI is InChI=1S/C15H19N3OS/c1-10-6-2-3-7-11(10)17-13-12(16)15(19)20-14(13)18-8-4-5-9-18/h2-3,6-7,12,17H,4-5,8-9,16H2,1H3. The van der Waals surface area contributed by atoms with E-state index in [4.69, 9.17) is 5.73 Å². The number of carbonyl (C=O) groups excluding carboxylic acids is 1. The molecule has 0 aliphatic carbocycles. The van der Waals surface area contributed by atoms with E-state index in [1.165, 1.54) is 24.6 Å². The van der Waals surface area contributed by atoms with Gasteiger partial charge in [-0.05, 0) is 43.2 Å². The molecule has 20 heavy (non-hydrogen) atoms. The Labute approximate surface area is 123 Å². The van der Waals surface area contributed by atoms with Crippen LogP contribution in [0.25, 0.3) is 0 Å². The smallest absolute Gasteiger partial charge is 0.217 e. The van der Waals surface area contributed by atoms with Gasteiger partial charge in [0.15, 0.2) is 0 Å². The molecule has 0 radical (unpaired) electrons. The molecule has 2 aliphatic rings. The number of likely N-dealkylation sites (tertiary alicyclic amines) is 1.